The van der Waals surface area contributed by atoms with Crippen molar-refractivity contribution in [3.8, 4) is 0 Å². The molecule has 8 heteroatoms. The van der Waals surface area contributed by atoms with E-state index in [1.807, 2.05) is 35.8 Å². The second kappa shape index (κ2) is 6.51. The van der Waals surface area contributed by atoms with Crippen molar-refractivity contribution in [3.05, 3.63) is 41.2 Å². The summed E-state index contributed by atoms with van der Waals surface area (Å²) in [5, 5.41) is 6.77. The van der Waals surface area contributed by atoms with Gasteiger partial charge in [-0.25, -0.2) is 13.8 Å². The number of hydrogen-bond donors (Lipinski definition) is 1. The minimum absolute atomic E-state index is 0.0953. The van der Waals surface area contributed by atoms with E-state index in [1.54, 1.807) is 0 Å². The van der Waals surface area contributed by atoms with Gasteiger partial charge in [-0.1, -0.05) is 12.1 Å². The van der Waals surface area contributed by atoms with E-state index in [-0.39, 0.29) is 18.1 Å². The van der Waals surface area contributed by atoms with Crippen molar-refractivity contribution in [3.63, 3.8) is 0 Å². The van der Waals surface area contributed by atoms with E-state index < -0.39 is 6.43 Å². The van der Waals surface area contributed by atoms with E-state index in [9.17, 15) is 13.6 Å². The fraction of sp³-hybridized carbons (Fsp3) is 0.389. The zero-order chi connectivity index (χ0) is 18.3. The third kappa shape index (κ3) is 2.75. The molecule has 1 aliphatic rings. The number of anilines is 1. The maximum atomic E-state index is 13.1. The molecule has 6 nitrogen and oxygen atoms in total. The molecule has 0 fully saturated rings. The van der Waals surface area contributed by atoms with Gasteiger partial charge in [0, 0.05) is 17.8 Å². The highest BCUT2D eigenvalue weighted by Crippen LogP contribution is 2.31. The van der Waals surface area contributed by atoms with Gasteiger partial charge in [0.05, 0.1) is 11.0 Å². The van der Waals surface area contributed by atoms with Crippen LogP contribution < -0.4 is 5.32 Å². The topological polar surface area (TPSA) is 64.7 Å². The normalized spacial score (nSPS) is 13.5. The molecule has 1 aliphatic carbocycles. The van der Waals surface area contributed by atoms with Crippen molar-refractivity contribution >= 4 is 22.9 Å². The highest BCUT2D eigenvalue weighted by Gasteiger charge is 2.27. The third-order valence-electron chi connectivity index (χ3n) is 4.76. The average Bonchev–Trinajstić information content (AvgIpc) is 3.28. The Kier molecular flexibility index (Phi) is 4.18. The van der Waals surface area contributed by atoms with Crippen LogP contribution in [0.3, 0.4) is 0 Å². The zero-order valence-corrected chi connectivity index (χ0v) is 14.4. The molecule has 26 heavy (non-hydrogen) atoms. The molecule has 0 atom stereocenters. The van der Waals surface area contributed by atoms with E-state index in [0.29, 0.717) is 30.9 Å². The third-order valence-corrected chi connectivity index (χ3v) is 4.76. The van der Waals surface area contributed by atoms with Gasteiger partial charge < -0.3 is 4.57 Å². The van der Waals surface area contributed by atoms with Crippen LogP contribution in [0.15, 0.2) is 24.3 Å². The molecule has 0 spiro atoms. The number of imidazole rings is 1. The molecule has 3 aromatic rings. The van der Waals surface area contributed by atoms with Crippen LogP contribution in [0.5, 0.6) is 0 Å². The molecule has 1 N–H and O–H groups in total. The quantitative estimate of drug-likeness (QED) is 0.760. The van der Waals surface area contributed by atoms with Gasteiger partial charge in [0.25, 0.3) is 6.43 Å². The van der Waals surface area contributed by atoms with Gasteiger partial charge in [0.1, 0.15) is 12.2 Å². The number of para-hydroxylation sites is 2. The van der Waals surface area contributed by atoms with Crippen LogP contribution in [0.1, 0.15) is 36.7 Å². The lowest BCUT2D eigenvalue weighted by Crippen LogP contribution is -2.22. The first-order valence-electron chi connectivity index (χ1n) is 8.70. The molecule has 0 saturated carbocycles. The van der Waals surface area contributed by atoms with Crippen molar-refractivity contribution < 1.29 is 13.6 Å². The fourth-order valence-electron chi connectivity index (χ4n) is 3.64. The molecule has 0 saturated heterocycles. The van der Waals surface area contributed by atoms with E-state index in [0.717, 1.165) is 23.1 Å². The zero-order valence-electron chi connectivity index (χ0n) is 14.4. The molecule has 4 rings (SSSR count). The number of hydrogen-bond acceptors (Lipinski definition) is 3. The van der Waals surface area contributed by atoms with E-state index in [4.69, 9.17) is 0 Å². The number of amides is 1. The van der Waals surface area contributed by atoms with Crippen LogP contribution >= 0.6 is 0 Å². The molecule has 136 valence electrons. The van der Waals surface area contributed by atoms with Crippen molar-refractivity contribution in [1.82, 2.24) is 19.3 Å². The lowest BCUT2D eigenvalue weighted by molar-refractivity contribution is -0.117. The van der Waals surface area contributed by atoms with Crippen LogP contribution in [0.4, 0.5) is 14.7 Å². The van der Waals surface area contributed by atoms with Gasteiger partial charge in [0.15, 0.2) is 0 Å². The molecule has 0 aliphatic heterocycles. The maximum Gasteiger partial charge on any atom is 0.282 e. The maximum absolute atomic E-state index is 13.1. The smallest absolute Gasteiger partial charge is 0.282 e. The first-order chi connectivity index (χ1) is 12.6. The number of carbonyl (C=O) groups is 1. The molecule has 1 aromatic carbocycles. The summed E-state index contributed by atoms with van der Waals surface area (Å²) < 4.78 is 29.6. The average molecular weight is 359 g/mol. The van der Waals surface area contributed by atoms with Crippen molar-refractivity contribution in [2.75, 3.05) is 5.32 Å². The summed E-state index contributed by atoms with van der Waals surface area (Å²) in [7, 11) is 0. The van der Waals surface area contributed by atoms with Gasteiger partial charge in [-0.2, -0.15) is 5.10 Å². The molecule has 0 bridgehead atoms. The number of alkyl halides is 2. The van der Waals surface area contributed by atoms with E-state index in [1.165, 1.54) is 4.68 Å². The van der Waals surface area contributed by atoms with Crippen LogP contribution in [0, 0.1) is 0 Å². The van der Waals surface area contributed by atoms with Crippen LogP contribution in [0.25, 0.3) is 11.0 Å². The lowest BCUT2D eigenvalue weighted by atomic mass is 10.2. The SMILES string of the molecule is CCn1c(NC(=O)Cn2nc(C(F)F)c3c2CCC3)nc2ccccc21. The Morgan fingerprint density at radius 3 is 2.88 bits per heavy atom. The number of nitrogens with one attached hydrogen (secondary N) is 1. The summed E-state index contributed by atoms with van der Waals surface area (Å²) in [5.41, 5.74) is 2.90. The van der Waals surface area contributed by atoms with Crippen molar-refractivity contribution in [2.24, 2.45) is 0 Å². The molecule has 0 radical (unpaired) electrons. The second-order valence-corrected chi connectivity index (χ2v) is 6.34. The number of rotatable bonds is 5. The number of nitrogens with zero attached hydrogens (tertiary/aromatic N) is 4. The predicted molar refractivity (Wildman–Crippen MR) is 93.2 cm³/mol. The number of aryl methyl sites for hydroxylation is 1. The first-order valence-corrected chi connectivity index (χ1v) is 8.70. The van der Waals surface area contributed by atoms with E-state index in [2.05, 4.69) is 15.4 Å². The minimum atomic E-state index is -2.62. The van der Waals surface area contributed by atoms with Gasteiger partial charge >= 0.3 is 0 Å². The van der Waals surface area contributed by atoms with E-state index >= 15 is 0 Å². The highest BCUT2D eigenvalue weighted by atomic mass is 19.3. The largest absolute Gasteiger partial charge is 0.310 e. The Morgan fingerprint density at radius 2 is 2.12 bits per heavy atom. The number of benzene rings is 1. The van der Waals surface area contributed by atoms with Gasteiger partial charge in [0.2, 0.25) is 11.9 Å². The standard InChI is InChI=1S/C18H19F2N5O/c1-2-24-14-8-4-3-7-12(14)21-18(24)22-15(26)10-25-13-9-5-6-11(13)16(23-25)17(19)20/h3-4,7-8,17H,2,5-6,9-10H2,1H3,(H,21,22,26). The molecule has 0 unspecified atom stereocenters. The summed E-state index contributed by atoms with van der Waals surface area (Å²) in [6.07, 6.45) is -0.520. The Morgan fingerprint density at radius 1 is 1.31 bits per heavy atom. The molecule has 2 aromatic heterocycles. The minimum Gasteiger partial charge on any atom is -0.310 e. The molecule has 1 amide bonds. The van der Waals surface area contributed by atoms with Gasteiger partial charge in [-0.3, -0.25) is 14.8 Å². The summed E-state index contributed by atoms with van der Waals surface area (Å²) in [5.74, 6) is 0.129. The number of halogens is 2. The summed E-state index contributed by atoms with van der Waals surface area (Å²) in [6, 6.07) is 7.63. The Balaban J connectivity index is 1.58. The van der Waals surface area contributed by atoms with Gasteiger partial charge in [-0.05, 0) is 38.3 Å². The Hall–Kier alpha value is -2.77. The Labute approximate surface area is 148 Å². The Bertz CT molecular complexity index is 976. The predicted octanol–water partition coefficient (Wildman–Crippen LogP) is 3.32. The van der Waals surface area contributed by atoms with Crippen molar-refractivity contribution in [2.45, 2.75) is 45.7 Å². The fourth-order valence-corrected chi connectivity index (χ4v) is 3.64. The number of carbonyl (C=O) groups excluding carboxylic acids is 1. The first kappa shape index (κ1) is 16.7. The lowest BCUT2D eigenvalue weighted by Gasteiger charge is -2.09. The van der Waals surface area contributed by atoms with Crippen LogP contribution in [0.2, 0.25) is 0 Å². The molecule has 2 heterocycles. The summed E-state index contributed by atoms with van der Waals surface area (Å²) in [4.78, 5) is 16.9. The van der Waals surface area contributed by atoms with Gasteiger partial charge in [-0.15, -0.1) is 0 Å². The number of aromatic nitrogens is 4. The monoisotopic (exact) mass is 359 g/mol. The van der Waals surface area contributed by atoms with Crippen LogP contribution in [-0.2, 0) is 30.7 Å². The highest BCUT2D eigenvalue weighted by molar-refractivity contribution is 5.91. The number of fused-ring (bicyclic) bond motifs is 2. The van der Waals surface area contributed by atoms with Crippen molar-refractivity contribution in [1.29, 1.82) is 0 Å². The summed E-state index contributed by atoms with van der Waals surface area (Å²) >= 11 is 0. The van der Waals surface area contributed by atoms with Crippen LogP contribution in [-0.4, -0.2) is 25.2 Å². The second-order valence-electron chi connectivity index (χ2n) is 6.34. The summed E-state index contributed by atoms with van der Waals surface area (Å²) in [6.45, 7) is 2.53. The molecular weight excluding hydrogens is 340 g/mol. The molecular formula is C18H19F2N5O.